The molecular weight excluding hydrogens is 507 g/mol. The number of carboxylic acids is 1. The summed E-state index contributed by atoms with van der Waals surface area (Å²) in [6.45, 7) is 2.06. The highest BCUT2D eigenvalue weighted by Gasteiger charge is 2.40. The second-order valence-electron chi connectivity index (χ2n) is 8.50. The first kappa shape index (κ1) is 24.7. The Kier molecular flexibility index (Phi) is 6.12. The van der Waals surface area contributed by atoms with Crippen LogP contribution in [0.4, 0.5) is 24.5 Å². The number of anilines is 2. The minimum absolute atomic E-state index is 0.0260. The molecule has 2 aromatic carbocycles. The number of carbonyl (C=O) groups excluding carboxylic acids is 1. The zero-order valence-corrected chi connectivity index (χ0v) is 20.4. The predicted octanol–water partition coefficient (Wildman–Crippen LogP) is 6.24. The van der Waals surface area contributed by atoms with E-state index < -0.39 is 29.8 Å². The molecule has 190 valence electrons. The van der Waals surface area contributed by atoms with Gasteiger partial charge in [-0.15, -0.1) is 11.3 Å². The first-order chi connectivity index (χ1) is 17.6. The average molecular weight is 528 g/mol. The fourth-order valence-corrected chi connectivity index (χ4v) is 5.71. The van der Waals surface area contributed by atoms with Gasteiger partial charge in [-0.25, -0.2) is 9.78 Å². The molecule has 0 radical (unpaired) electrons. The SMILES string of the molecule is COCc1cc(C)nc2sc3c(c12)N[C@@H](c1ccccc1C(=O)O)N(c1cccc(C(F)(F)F)c1)C3=O. The molecule has 7 nitrogen and oxygen atoms in total. The van der Waals surface area contributed by atoms with Crippen molar-refractivity contribution in [3.8, 4) is 0 Å². The standard InChI is InChI=1S/C26H20F3N3O4S/c1-13-10-14(12-36-2)19-20-21(37-23(19)30-13)24(33)32(16-7-5-6-15(11-16)26(27,28)29)22(31-20)17-8-3-4-9-18(17)25(34)35/h3-11,22,31H,12H2,1-2H3,(H,34,35)/t22-/m1/s1. The van der Waals surface area contributed by atoms with E-state index in [0.29, 0.717) is 21.6 Å². The van der Waals surface area contributed by atoms with Crippen molar-refractivity contribution in [3.05, 3.63) is 87.4 Å². The van der Waals surface area contributed by atoms with Crippen molar-refractivity contribution >= 4 is 44.8 Å². The van der Waals surface area contributed by atoms with E-state index in [2.05, 4.69) is 10.3 Å². The van der Waals surface area contributed by atoms with Gasteiger partial charge in [0.25, 0.3) is 5.91 Å². The van der Waals surface area contributed by atoms with E-state index in [4.69, 9.17) is 4.74 Å². The second kappa shape index (κ2) is 9.16. The summed E-state index contributed by atoms with van der Waals surface area (Å²) in [4.78, 5) is 32.6. The van der Waals surface area contributed by atoms with Gasteiger partial charge in [0.1, 0.15) is 15.9 Å². The maximum Gasteiger partial charge on any atom is 0.416 e. The van der Waals surface area contributed by atoms with Crippen molar-refractivity contribution in [2.24, 2.45) is 0 Å². The topological polar surface area (TPSA) is 91.8 Å². The van der Waals surface area contributed by atoms with Gasteiger partial charge in [0.2, 0.25) is 0 Å². The Hall–Kier alpha value is -3.96. The van der Waals surface area contributed by atoms with E-state index >= 15 is 0 Å². The second-order valence-corrected chi connectivity index (χ2v) is 9.50. The number of nitrogens with zero attached hydrogens (tertiary/aromatic N) is 2. The van der Waals surface area contributed by atoms with Gasteiger partial charge < -0.3 is 15.2 Å². The van der Waals surface area contributed by atoms with Crippen LogP contribution >= 0.6 is 11.3 Å². The number of methoxy groups -OCH3 is 1. The van der Waals surface area contributed by atoms with E-state index in [1.54, 1.807) is 19.2 Å². The van der Waals surface area contributed by atoms with Gasteiger partial charge in [0, 0.05) is 29.4 Å². The number of hydrogen-bond donors (Lipinski definition) is 2. The summed E-state index contributed by atoms with van der Waals surface area (Å²) in [6, 6.07) is 12.3. The molecule has 2 aromatic heterocycles. The lowest BCUT2D eigenvalue weighted by Gasteiger charge is -2.37. The van der Waals surface area contributed by atoms with E-state index in [9.17, 15) is 27.9 Å². The maximum atomic E-state index is 14.0. The molecule has 2 N–H and O–H groups in total. The van der Waals surface area contributed by atoms with Crippen LogP contribution in [0.15, 0.2) is 54.6 Å². The molecule has 1 aliphatic rings. The summed E-state index contributed by atoms with van der Waals surface area (Å²) < 4.78 is 46.0. The molecule has 1 atom stereocenters. The highest BCUT2D eigenvalue weighted by Crippen LogP contribution is 2.46. The monoisotopic (exact) mass is 527 g/mol. The third kappa shape index (κ3) is 4.30. The van der Waals surface area contributed by atoms with Gasteiger partial charge in [0.05, 0.1) is 23.4 Å². The van der Waals surface area contributed by atoms with Crippen molar-refractivity contribution in [2.45, 2.75) is 25.9 Å². The molecular formula is C26H20F3N3O4S. The summed E-state index contributed by atoms with van der Waals surface area (Å²) in [6.07, 6.45) is -5.74. The molecule has 3 heterocycles. The number of halogens is 3. The minimum Gasteiger partial charge on any atom is -0.478 e. The van der Waals surface area contributed by atoms with Gasteiger partial charge in [0.15, 0.2) is 0 Å². The van der Waals surface area contributed by atoms with Gasteiger partial charge in [-0.05, 0) is 42.8 Å². The molecule has 0 saturated heterocycles. The van der Waals surface area contributed by atoms with Crippen LogP contribution in [-0.4, -0.2) is 29.1 Å². The normalized spacial score (nSPS) is 15.5. The number of rotatable bonds is 5. The molecule has 0 aliphatic carbocycles. The van der Waals surface area contributed by atoms with Crippen LogP contribution in [0.1, 0.15) is 48.6 Å². The van der Waals surface area contributed by atoms with Crippen LogP contribution in [0, 0.1) is 6.92 Å². The number of thiophene rings is 1. The number of hydrogen-bond acceptors (Lipinski definition) is 6. The molecule has 0 unspecified atom stereocenters. The molecule has 0 fully saturated rings. The minimum atomic E-state index is -4.63. The summed E-state index contributed by atoms with van der Waals surface area (Å²) in [5.74, 6) is -1.80. The Balaban J connectivity index is 1.77. The smallest absolute Gasteiger partial charge is 0.416 e. The zero-order valence-electron chi connectivity index (χ0n) is 19.6. The molecule has 1 amide bonds. The van der Waals surface area contributed by atoms with Crippen LogP contribution < -0.4 is 10.2 Å². The maximum absolute atomic E-state index is 14.0. The quantitative estimate of drug-likeness (QED) is 0.319. The van der Waals surface area contributed by atoms with Gasteiger partial charge in [-0.2, -0.15) is 13.2 Å². The number of aromatic nitrogens is 1. The van der Waals surface area contributed by atoms with E-state index in [1.165, 1.54) is 24.3 Å². The Morgan fingerprint density at radius 2 is 1.95 bits per heavy atom. The third-order valence-corrected chi connectivity index (χ3v) is 7.13. The lowest BCUT2D eigenvalue weighted by Crippen LogP contribution is -2.43. The summed E-state index contributed by atoms with van der Waals surface area (Å²) in [5, 5.41) is 13.8. The summed E-state index contributed by atoms with van der Waals surface area (Å²) in [7, 11) is 1.54. The predicted molar refractivity (Wildman–Crippen MR) is 133 cm³/mol. The summed E-state index contributed by atoms with van der Waals surface area (Å²) >= 11 is 1.12. The zero-order chi connectivity index (χ0) is 26.5. The molecule has 0 saturated carbocycles. The number of benzene rings is 2. The number of carbonyl (C=O) groups is 2. The molecule has 0 spiro atoms. The van der Waals surface area contributed by atoms with Crippen LogP contribution in [0.5, 0.6) is 0 Å². The van der Waals surface area contributed by atoms with Crippen molar-refractivity contribution in [2.75, 3.05) is 17.3 Å². The van der Waals surface area contributed by atoms with E-state index in [-0.39, 0.29) is 28.3 Å². The largest absolute Gasteiger partial charge is 0.478 e. The van der Waals surface area contributed by atoms with Gasteiger partial charge in [-0.3, -0.25) is 9.69 Å². The number of aromatic carboxylic acids is 1. The lowest BCUT2D eigenvalue weighted by atomic mass is 9.99. The summed E-state index contributed by atoms with van der Waals surface area (Å²) in [5.41, 5.74) is 1.12. The first-order valence-electron chi connectivity index (χ1n) is 11.1. The number of nitrogens with one attached hydrogen (secondary N) is 1. The van der Waals surface area contributed by atoms with Gasteiger partial charge in [-0.1, -0.05) is 24.3 Å². The molecule has 37 heavy (non-hydrogen) atoms. The number of alkyl halides is 3. The van der Waals surface area contributed by atoms with Crippen molar-refractivity contribution in [1.29, 1.82) is 0 Å². The number of carboxylic acid groups (broad SMARTS) is 1. The highest BCUT2D eigenvalue weighted by molar-refractivity contribution is 7.21. The average Bonchev–Trinajstić information content (AvgIpc) is 3.22. The Morgan fingerprint density at radius 1 is 1.19 bits per heavy atom. The Bertz CT molecular complexity index is 1550. The first-order valence-corrected chi connectivity index (χ1v) is 11.9. The molecule has 1 aliphatic heterocycles. The number of ether oxygens (including phenoxy) is 1. The Labute approximate surface area is 213 Å². The van der Waals surface area contributed by atoms with Crippen LogP contribution in [-0.2, 0) is 17.5 Å². The number of aryl methyl sites for hydroxylation is 1. The lowest BCUT2D eigenvalue weighted by molar-refractivity contribution is -0.137. The van der Waals surface area contributed by atoms with Crippen LogP contribution in [0.3, 0.4) is 0 Å². The van der Waals surface area contributed by atoms with Crippen molar-refractivity contribution < 1.29 is 32.6 Å². The van der Waals surface area contributed by atoms with Crippen LogP contribution in [0.25, 0.3) is 10.2 Å². The number of amides is 1. The molecule has 4 aromatic rings. The van der Waals surface area contributed by atoms with E-state index in [0.717, 1.165) is 33.9 Å². The third-order valence-electron chi connectivity index (χ3n) is 6.06. The molecule has 0 bridgehead atoms. The fraction of sp³-hybridized carbons (Fsp3) is 0.192. The van der Waals surface area contributed by atoms with Crippen molar-refractivity contribution in [3.63, 3.8) is 0 Å². The fourth-order valence-electron chi connectivity index (χ4n) is 4.54. The van der Waals surface area contributed by atoms with Crippen LogP contribution in [0.2, 0.25) is 0 Å². The number of fused-ring (bicyclic) bond motifs is 3. The Morgan fingerprint density at radius 3 is 2.65 bits per heavy atom. The number of pyridine rings is 1. The highest BCUT2D eigenvalue weighted by atomic mass is 32.1. The van der Waals surface area contributed by atoms with Crippen molar-refractivity contribution in [1.82, 2.24) is 4.98 Å². The molecule has 11 heteroatoms. The molecule has 5 rings (SSSR count). The van der Waals surface area contributed by atoms with E-state index in [1.807, 2.05) is 13.0 Å². The van der Waals surface area contributed by atoms with Gasteiger partial charge >= 0.3 is 12.1 Å².